The molecule has 25 heavy (non-hydrogen) atoms. The zero-order valence-electron chi connectivity index (χ0n) is 14.6. The largest absolute Gasteiger partial charge is 0.497 e. The maximum Gasteiger partial charge on any atom is 0.276 e. The number of aromatic nitrogens is 3. The van der Waals surface area contributed by atoms with Crippen molar-refractivity contribution in [1.82, 2.24) is 19.9 Å². The number of hydrogen-bond acceptors (Lipinski definition) is 5. The fourth-order valence-corrected chi connectivity index (χ4v) is 3.40. The highest BCUT2D eigenvalue weighted by Gasteiger charge is 2.25. The van der Waals surface area contributed by atoms with Crippen molar-refractivity contribution in [2.24, 2.45) is 0 Å². The summed E-state index contributed by atoms with van der Waals surface area (Å²) in [6.07, 6.45) is 0. The molecular formula is C18H20N4O2S. The topological polar surface area (TPSA) is 60.2 Å². The van der Waals surface area contributed by atoms with E-state index in [-0.39, 0.29) is 11.9 Å². The fourth-order valence-electron chi connectivity index (χ4n) is 2.58. The second-order valence-corrected chi connectivity index (χ2v) is 6.72. The molecule has 1 unspecified atom stereocenters. The number of carbonyl (C=O) groups is 1. The summed E-state index contributed by atoms with van der Waals surface area (Å²) in [4.78, 5) is 15.7. The van der Waals surface area contributed by atoms with Crippen LogP contribution < -0.4 is 4.74 Å². The van der Waals surface area contributed by atoms with Crippen LogP contribution in [0.25, 0.3) is 5.69 Å². The molecule has 0 aliphatic heterocycles. The van der Waals surface area contributed by atoms with E-state index in [1.807, 2.05) is 55.6 Å². The van der Waals surface area contributed by atoms with Crippen molar-refractivity contribution in [3.8, 4) is 11.4 Å². The lowest BCUT2D eigenvalue weighted by Gasteiger charge is -2.23. The molecule has 0 saturated carbocycles. The Morgan fingerprint density at radius 2 is 2.12 bits per heavy atom. The molecule has 0 N–H and O–H groups in total. The number of amides is 1. The van der Waals surface area contributed by atoms with Crippen molar-refractivity contribution < 1.29 is 9.53 Å². The van der Waals surface area contributed by atoms with Crippen molar-refractivity contribution in [2.75, 3.05) is 14.2 Å². The summed E-state index contributed by atoms with van der Waals surface area (Å²) in [5, 5.41) is 10.3. The molecule has 1 atom stereocenters. The third-order valence-corrected chi connectivity index (χ3v) is 5.29. The number of carbonyl (C=O) groups excluding carboxylic acids is 1. The van der Waals surface area contributed by atoms with Crippen LogP contribution in [-0.2, 0) is 0 Å². The third-order valence-electron chi connectivity index (χ3n) is 4.25. The number of thiophene rings is 1. The van der Waals surface area contributed by atoms with Gasteiger partial charge in [-0.15, -0.1) is 16.4 Å². The molecule has 2 aromatic heterocycles. The quantitative estimate of drug-likeness (QED) is 0.702. The van der Waals surface area contributed by atoms with Gasteiger partial charge in [0.2, 0.25) is 0 Å². The Kier molecular flexibility index (Phi) is 4.85. The Labute approximate surface area is 150 Å². The molecule has 7 heteroatoms. The molecule has 1 aromatic carbocycles. The molecule has 0 radical (unpaired) electrons. The first kappa shape index (κ1) is 17.2. The van der Waals surface area contributed by atoms with Crippen molar-refractivity contribution in [2.45, 2.75) is 19.9 Å². The standard InChI is InChI=1S/C18H20N4O2S/c1-12(16-9-6-10-25-16)21(3)18(23)17-13(2)22(20-19-17)14-7-5-8-15(11-14)24-4/h5-12H,1-4H3. The van der Waals surface area contributed by atoms with E-state index in [9.17, 15) is 4.79 Å². The van der Waals surface area contributed by atoms with E-state index in [0.717, 1.165) is 16.3 Å². The predicted octanol–water partition coefficient (Wildman–Crippen LogP) is 3.48. The Morgan fingerprint density at radius 1 is 1.32 bits per heavy atom. The molecule has 0 aliphatic rings. The van der Waals surface area contributed by atoms with E-state index < -0.39 is 0 Å². The second-order valence-electron chi connectivity index (χ2n) is 5.74. The molecule has 2 heterocycles. The SMILES string of the molecule is COc1cccc(-n2nnc(C(=O)N(C)C(C)c3cccs3)c2C)c1. The molecular weight excluding hydrogens is 336 g/mol. The first-order valence-electron chi connectivity index (χ1n) is 7.90. The van der Waals surface area contributed by atoms with Gasteiger partial charge in [0, 0.05) is 18.0 Å². The number of benzene rings is 1. The smallest absolute Gasteiger partial charge is 0.276 e. The molecule has 0 saturated heterocycles. The molecule has 0 spiro atoms. The van der Waals surface area contributed by atoms with Crippen LogP contribution in [-0.4, -0.2) is 40.0 Å². The van der Waals surface area contributed by atoms with Gasteiger partial charge < -0.3 is 9.64 Å². The fraction of sp³-hybridized carbons (Fsp3) is 0.278. The van der Waals surface area contributed by atoms with Crippen LogP contribution in [0.5, 0.6) is 5.75 Å². The van der Waals surface area contributed by atoms with Crippen LogP contribution in [0.4, 0.5) is 0 Å². The average molecular weight is 356 g/mol. The van der Waals surface area contributed by atoms with Gasteiger partial charge in [-0.3, -0.25) is 4.79 Å². The zero-order valence-corrected chi connectivity index (χ0v) is 15.4. The van der Waals surface area contributed by atoms with Crippen LogP contribution in [0.3, 0.4) is 0 Å². The first-order valence-corrected chi connectivity index (χ1v) is 8.78. The third kappa shape index (κ3) is 3.28. The lowest BCUT2D eigenvalue weighted by Crippen LogP contribution is -2.30. The normalized spacial score (nSPS) is 12.0. The second kappa shape index (κ2) is 7.06. The van der Waals surface area contributed by atoms with E-state index in [2.05, 4.69) is 10.3 Å². The minimum atomic E-state index is -0.146. The Hall–Kier alpha value is -2.67. The van der Waals surface area contributed by atoms with Gasteiger partial charge >= 0.3 is 0 Å². The summed E-state index contributed by atoms with van der Waals surface area (Å²) in [5.41, 5.74) is 1.86. The molecule has 130 valence electrons. The van der Waals surface area contributed by atoms with Crippen molar-refractivity contribution >= 4 is 17.2 Å². The number of ether oxygens (including phenoxy) is 1. The lowest BCUT2D eigenvalue weighted by molar-refractivity contribution is 0.0738. The van der Waals surface area contributed by atoms with Crippen LogP contribution in [0.15, 0.2) is 41.8 Å². The maximum absolute atomic E-state index is 12.9. The van der Waals surface area contributed by atoms with Crippen LogP contribution in [0, 0.1) is 6.92 Å². The molecule has 0 aliphatic carbocycles. The highest BCUT2D eigenvalue weighted by molar-refractivity contribution is 7.10. The zero-order chi connectivity index (χ0) is 18.0. The van der Waals surface area contributed by atoms with Crippen LogP contribution >= 0.6 is 11.3 Å². The minimum Gasteiger partial charge on any atom is -0.497 e. The van der Waals surface area contributed by atoms with Gasteiger partial charge in [-0.05, 0) is 37.4 Å². The summed E-state index contributed by atoms with van der Waals surface area (Å²) in [6.45, 7) is 3.85. The number of hydrogen-bond donors (Lipinski definition) is 0. The van der Waals surface area contributed by atoms with E-state index in [1.54, 1.807) is 35.1 Å². The van der Waals surface area contributed by atoms with Crippen molar-refractivity contribution in [1.29, 1.82) is 0 Å². The Balaban J connectivity index is 1.88. The van der Waals surface area contributed by atoms with Gasteiger partial charge in [-0.25, -0.2) is 4.68 Å². The van der Waals surface area contributed by atoms with E-state index in [4.69, 9.17) is 4.74 Å². The summed E-state index contributed by atoms with van der Waals surface area (Å²) >= 11 is 1.63. The van der Waals surface area contributed by atoms with Gasteiger partial charge in [0.05, 0.1) is 24.5 Å². The van der Waals surface area contributed by atoms with Gasteiger partial charge in [0.15, 0.2) is 5.69 Å². The maximum atomic E-state index is 12.9. The molecule has 0 bridgehead atoms. The first-order chi connectivity index (χ1) is 12.0. The van der Waals surface area contributed by atoms with Crippen LogP contribution in [0.1, 0.15) is 34.0 Å². The Bertz CT molecular complexity index is 873. The van der Waals surface area contributed by atoms with Gasteiger partial charge in [0.1, 0.15) is 5.75 Å². The molecule has 3 rings (SSSR count). The molecule has 0 fully saturated rings. The minimum absolute atomic E-state index is 0.0196. The van der Waals surface area contributed by atoms with E-state index in [1.165, 1.54) is 0 Å². The number of methoxy groups -OCH3 is 1. The summed E-state index contributed by atoms with van der Waals surface area (Å²) in [5.74, 6) is 0.580. The number of rotatable bonds is 5. The van der Waals surface area contributed by atoms with Crippen LogP contribution in [0.2, 0.25) is 0 Å². The van der Waals surface area contributed by atoms with Crippen molar-refractivity contribution in [3.05, 3.63) is 58.0 Å². The van der Waals surface area contributed by atoms with Gasteiger partial charge in [-0.1, -0.05) is 17.3 Å². The van der Waals surface area contributed by atoms with Gasteiger partial charge in [0.25, 0.3) is 5.91 Å². The van der Waals surface area contributed by atoms with Crippen molar-refractivity contribution in [3.63, 3.8) is 0 Å². The lowest BCUT2D eigenvalue weighted by atomic mass is 10.2. The summed E-state index contributed by atoms with van der Waals surface area (Å²) < 4.78 is 6.90. The monoisotopic (exact) mass is 356 g/mol. The highest BCUT2D eigenvalue weighted by atomic mass is 32.1. The summed E-state index contributed by atoms with van der Waals surface area (Å²) in [6, 6.07) is 11.5. The highest BCUT2D eigenvalue weighted by Crippen LogP contribution is 2.25. The Morgan fingerprint density at radius 3 is 2.80 bits per heavy atom. The summed E-state index contributed by atoms with van der Waals surface area (Å²) in [7, 11) is 3.40. The van der Waals surface area contributed by atoms with Gasteiger partial charge in [-0.2, -0.15) is 0 Å². The predicted molar refractivity (Wildman–Crippen MR) is 97.5 cm³/mol. The average Bonchev–Trinajstić information content (AvgIpc) is 3.29. The molecule has 3 aromatic rings. The molecule has 6 nitrogen and oxygen atoms in total. The van der Waals surface area contributed by atoms with E-state index >= 15 is 0 Å². The van der Waals surface area contributed by atoms with E-state index in [0.29, 0.717) is 11.4 Å². The number of nitrogens with zero attached hydrogens (tertiary/aromatic N) is 4. The molecule has 1 amide bonds.